The van der Waals surface area contributed by atoms with Gasteiger partial charge < -0.3 is 10.2 Å². The van der Waals surface area contributed by atoms with Gasteiger partial charge in [0, 0.05) is 29.6 Å². The van der Waals surface area contributed by atoms with Gasteiger partial charge in [-0.3, -0.25) is 20.2 Å². The number of thiophene rings is 1. The second-order valence-corrected chi connectivity index (χ2v) is 10.1. The number of thiocarbonyl (C=S) groups is 1. The van der Waals surface area contributed by atoms with Crippen LogP contribution in [0.5, 0.6) is 0 Å². The maximum atomic E-state index is 12.8. The molecule has 2 N–H and O–H groups in total. The van der Waals surface area contributed by atoms with Gasteiger partial charge in [-0.05, 0) is 74.4 Å². The summed E-state index contributed by atoms with van der Waals surface area (Å²) in [5, 5.41) is 27.6. The molecule has 1 aromatic heterocycles. The second kappa shape index (κ2) is 9.85. The van der Waals surface area contributed by atoms with Crippen LogP contribution in [-0.4, -0.2) is 29.0 Å². The monoisotopic (exact) mass is 483 g/mol. The quantitative estimate of drug-likeness (QED) is 0.366. The first-order chi connectivity index (χ1) is 15.9. The molecule has 1 saturated heterocycles. The van der Waals surface area contributed by atoms with Crippen LogP contribution >= 0.6 is 23.6 Å². The number of benzene rings is 1. The third kappa shape index (κ3) is 4.99. The number of hydrogen-bond acceptors (Lipinski definition) is 7. The Labute approximate surface area is 201 Å². The van der Waals surface area contributed by atoms with Gasteiger partial charge in [0.05, 0.1) is 10.5 Å². The van der Waals surface area contributed by atoms with E-state index in [-0.39, 0.29) is 16.4 Å². The van der Waals surface area contributed by atoms with Gasteiger partial charge in [0.25, 0.3) is 11.6 Å². The van der Waals surface area contributed by atoms with Crippen molar-refractivity contribution in [2.45, 2.75) is 45.4 Å². The number of nitro groups is 1. The van der Waals surface area contributed by atoms with Gasteiger partial charge in [-0.2, -0.15) is 5.26 Å². The first-order valence-corrected chi connectivity index (χ1v) is 12.3. The third-order valence-electron chi connectivity index (χ3n) is 6.21. The van der Waals surface area contributed by atoms with Crippen LogP contribution in [-0.2, 0) is 12.8 Å². The van der Waals surface area contributed by atoms with Crippen LogP contribution < -0.4 is 15.5 Å². The van der Waals surface area contributed by atoms with E-state index in [9.17, 15) is 20.2 Å². The number of nitrogens with zero attached hydrogens (tertiary/aromatic N) is 3. The topological polar surface area (TPSA) is 111 Å². The number of nitro benzene ring substituents is 1. The fourth-order valence-electron chi connectivity index (χ4n) is 4.48. The van der Waals surface area contributed by atoms with E-state index in [2.05, 4.69) is 23.6 Å². The number of carbonyl (C=O) groups is 1. The number of hydrogen-bond donors (Lipinski definition) is 2. The highest BCUT2D eigenvalue weighted by Crippen LogP contribution is 2.39. The van der Waals surface area contributed by atoms with Crippen molar-refractivity contribution in [3.05, 3.63) is 49.9 Å². The molecule has 1 aliphatic heterocycles. The molecule has 1 amide bonds. The molecule has 33 heavy (non-hydrogen) atoms. The molecule has 1 aliphatic carbocycles. The number of anilines is 2. The van der Waals surface area contributed by atoms with Crippen molar-refractivity contribution in [3.8, 4) is 6.07 Å². The number of amides is 1. The number of nitrogens with one attached hydrogen (secondary N) is 2. The maximum Gasteiger partial charge on any atom is 0.293 e. The molecule has 10 heteroatoms. The molecule has 0 saturated carbocycles. The lowest BCUT2D eigenvalue weighted by Gasteiger charge is -2.28. The Morgan fingerprint density at radius 3 is 2.79 bits per heavy atom. The highest BCUT2D eigenvalue weighted by atomic mass is 32.1. The molecule has 1 aromatic carbocycles. The number of piperidine rings is 1. The Morgan fingerprint density at radius 1 is 1.33 bits per heavy atom. The molecule has 172 valence electrons. The average molecular weight is 484 g/mol. The Morgan fingerprint density at radius 2 is 2.09 bits per heavy atom. The lowest BCUT2D eigenvalue weighted by molar-refractivity contribution is -0.384. The van der Waals surface area contributed by atoms with Crippen LogP contribution in [0.25, 0.3) is 0 Å². The van der Waals surface area contributed by atoms with E-state index in [1.54, 1.807) is 12.1 Å². The van der Waals surface area contributed by atoms with Crippen LogP contribution in [0.15, 0.2) is 18.2 Å². The Bertz CT molecular complexity index is 1150. The van der Waals surface area contributed by atoms with Gasteiger partial charge in [-0.25, -0.2) is 0 Å². The number of rotatable bonds is 4. The summed E-state index contributed by atoms with van der Waals surface area (Å²) in [6.45, 7) is 3.73. The van der Waals surface area contributed by atoms with Crippen molar-refractivity contribution in [2.24, 2.45) is 5.92 Å². The smallest absolute Gasteiger partial charge is 0.293 e. The zero-order valence-electron chi connectivity index (χ0n) is 18.3. The highest BCUT2D eigenvalue weighted by Gasteiger charge is 2.26. The Hall–Kier alpha value is -3.03. The molecule has 2 heterocycles. The molecule has 8 nitrogen and oxygen atoms in total. The van der Waals surface area contributed by atoms with E-state index in [1.807, 2.05) is 4.90 Å². The Kier molecular flexibility index (Phi) is 6.91. The van der Waals surface area contributed by atoms with E-state index < -0.39 is 10.8 Å². The minimum Gasteiger partial charge on any atom is -0.366 e. The largest absolute Gasteiger partial charge is 0.366 e. The average Bonchev–Trinajstić information content (AvgIpc) is 3.14. The zero-order chi connectivity index (χ0) is 23.5. The molecular weight excluding hydrogens is 458 g/mol. The second-order valence-electron chi connectivity index (χ2n) is 8.58. The van der Waals surface area contributed by atoms with E-state index in [0.29, 0.717) is 22.2 Å². The third-order valence-corrected chi connectivity index (χ3v) is 7.58. The van der Waals surface area contributed by atoms with Crippen molar-refractivity contribution in [1.29, 1.82) is 5.26 Å². The van der Waals surface area contributed by atoms with Crippen molar-refractivity contribution in [3.63, 3.8) is 0 Å². The fourth-order valence-corrected chi connectivity index (χ4v) is 6.10. The van der Waals surface area contributed by atoms with Crippen LogP contribution in [0.2, 0.25) is 0 Å². The van der Waals surface area contributed by atoms with Gasteiger partial charge in [-0.15, -0.1) is 11.3 Å². The molecule has 0 bridgehead atoms. The van der Waals surface area contributed by atoms with Gasteiger partial charge >= 0.3 is 0 Å². The summed E-state index contributed by atoms with van der Waals surface area (Å²) in [6, 6.07) is 6.78. The lowest BCUT2D eigenvalue weighted by atomic mass is 9.89. The molecule has 0 spiro atoms. The zero-order valence-corrected chi connectivity index (χ0v) is 20.0. The van der Waals surface area contributed by atoms with Gasteiger partial charge in [0.1, 0.15) is 16.8 Å². The summed E-state index contributed by atoms with van der Waals surface area (Å²) < 4.78 is 0. The van der Waals surface area contributed by atoms with Crippen LogP contribution in [0.1, 0.15) is 59.0 Å². The van der Waals surface area contributed by atoms with Crippen LogP contribution in [0.4, 0.5) is 16.4 Å². The number of fused-ring (bicyclic) bond motifs is 1. The summed E-state index contributed by atoms with van der Waals surface area (Å²) >= 11 is 6.81. The van der Waals surface area contributed by atoms with Crippen molar-refractivity contribution >= 4 is 51.0 Å². The molecule has 0 unspecified atom stereocenters. The number of nitriles is 1. The SMILES string of the molecule is C[C@H]1CCc2c(sc(NC(=S)NC(=O)c3ccc(N4CCCCC4)c([N+](=O)[O-])c3)c2C#N)C1. The molecular formula is C23H25N5O3S2. The van der Waals surface area contributed by atoms with Crippen molar-refractivity contribution < 1.29 is 9.72 Å². The summed E-state index contributed by atoms with van der Waals surface area (Å²) in [5.41, 5.74) is 2.26. The van der Waals surface area contributed by atoms with Gasteiger partial charge in [-0.1, -0.05) is 6.92 Å². The lowest BCUT2D eigenvalue weighted by Crippen LogP contribution is -2.34. The summed E-state index contributed by atoms with van der Waals surface area (Å²) in [7, 11) is 0. The summed E-state index contributed by atoms with van der Waals surface area (Å²) in [4.78, 5) is 27.2. The van der Waals surface area contributed by atoms with Crippen molar-refractivity contribution in [2.75, 3.05) is 23.3 Å². The molecule has 1 atom stereocenters. The van der Waals surface area contributed by atoms with Crippen molar-refractivity contribution in [1.82, 2.24) is 5.32 Å². The molecule has 2 aliphatic rings. The summed E-state index contributed by atoms with van der Waals surface area (Å²) in [5.74, 6) is 0.0418. The van der Waals surface area contributed by atoms with Gasteiger partial charge in [0.2, 0.25) is 0 Å². The van der Waals surface area contributed by atoms with Crippen LogP contribution in [0.3, 0.4) is 0 Å². The Balaban J connectivity index is 1.48. The highest BCUT2D eigenvalue weighted by molar-refractivity contribution is 7.80. The number of carbonyl (C=O) groups excluding carboxylic acids is 1. The first-order valence-electron chi connectivity index (χ1n) is 11.1. The van der Waals surface area contributed by atoms with E-state index in [0.717, 1.165) is 57.2 Å². The van der Waals surface area contributed by atoms with E-state index >= 15 is 0 Å². The minimum atomic E-state index is -0.533. The van der Waals surface area contributed by atoms with Crippen LogP contribution in [0, 0.1) is 27.4 Å². The molecule has 0 radical (unpaired) electrons. The summed E-state index contributed by atoms with van der Waals surface area (Å²) in [6.07, 6.45) is 5.95. The molecule has 4 rings (SSSR count). The maximum absolute atomic E-state index is 12.8. The molecule has 2 aromatic rings. The standard InChI is InChI=1S/C23H25N5O3S2/c1-14-5-7-16-17(13-24)22(33-20(16)11-14)26-23(32)25-21(29)15-6-8-18(19(12-15)28(30)31)27-9-3-2-4-10-27/h6,8,12,14H,2-5,7,9-11H2,1H3,(H2,25,26,29,32)/t14-/m0/s1. The first kappa shape index (κ1) is 23.1. The minimum absolute atomic E-state index is 0.0610. The van der Waals surface area contributed by atoms with Gasteiger partial charge in [0.15, 0.2) is 5.11 Å². The van der Waals surface area contributed by atoms with E-state index in [1.165, 1.54) is 22.3 Å². The predicted molar refractivity (Wildman–Crippen MR) is 133 cm³/mol. The van der Waals surface area contributed by atoms with E-state index in [4.69, 9.17) is 12.2 Å². The predicted octanol–water partition coefficient (Wildman–Crippen LogP) is 4.77. The fraction of sp³-hybridized carbons (Fsp3) is 0.435. The molecule has 1 fully saturated rings. The normalized spacial score (nSPS) is 17.6.